The average molecular weight is 1870 g/mol. The van der Waals surface area contributed by atoms with Crippen molar-refractivity contribution in [1.29, 1.82) is 0 Å². The first kappa shape index (κ1) is 108. The summed E-state index contributed by atoms with van der Waals surface area (Å²) >= 11 is 0. The van der Waals surface area contributed by atoms with Crippen molar-refractivity contribution in [3.05, 3.63) is 251 Å². The van der Waals surface area contributed by atoms with E-state index in [0.29, 0.717) is 38.9 Å². The molecule has 0 saturated carbocycles. The van der Waals surface area contributed by atoms with E-state index in [0.717, 1.165) is 34.3 Å². The summed E-state index contributed by atoms with van der Waals surface area (Å²) in [5.41, 5.74) is 28.6. The van der Waals surface area contributed by atoms with Crippen LogP contribution in [0.4, 0.5) is 24.0 Å². The molecule has 14 N–H and O–H groups in total. The van der Waals surface area contributed by atoms with Gasteiger partial charge in [0, 0.05) is 64.3 Å². The van der Waals surface area contributed by atoms with Crippen molar-refractivity contribution in [3.8, 4) is 0 Å². The number of hydrogen-bond donors (Lipinski definition) is 10. The van der Waals surface area contributed by atoms with Crippen molar-refractivity contribution in [1.82, 2.24) is 66.2 Å². The normalized spacial score (nSPS) is 18.1. The number of aryl methyl sites for hydroxylation is 3. The molecule has 32 nitrogen and oxygen atoms in total. The molecule has 0 aromatic heterocycles. The van der Waals surface area contributed by atoms with E-state index in [9.17, 15) is 4.79 Å². The van der Waals surface area contributed by atoms with Crippen molar-refractivity contribution in [2.24, 2.45) is 40.7 Å². The monoisotopic (exact) mass is 1870 g/mol. The fourth-order valence-electron chi connectivity index (χ4n) is 16.3. The van der Waals surface area contributed by atoms with Crippen molar-refractivity contribution >= 4 is 89.2 Å². The molecule has 8 rings (SSSR count). The number of unbranched alkanes of at least 4 members (excludes halogenated alkanes) is 3. The minimum absolute atomic E-state index is 0.0159. The van der Waals surface area contributed by atoms with Gasteiger partial charge in [-0.3, -0.25) is 57.7 Å². The smallest absolute Gasteiger partial charge is 0.327 e. The van der Waals surface area contributed by atoms with Crippen LogP contribution in [0.2, 0.25) is 0 Å². The molecule has 1 saturated heterocycles. The van der Waals surface area contributed by atoms with Gasteiger partial charge in [-0.05, 0) is 185 Å². The van der Waals surface area contributed by atoms with E-state index in [1.165, 1.54) is 0 Å². The second-order valence-corrected chi connectivity index (χ2v) is 35.8. The van der Waals surface area contributed by atoms with Crippen LogP contribution in [0.1, 0.15) is 202 Å². The number of rotatable bonds is 40. The van der Waals surface area contributed by atoms with E-state index < -0.39 is 171 Å². The van der Waals surface area contributed by atoms with Crippen LogP contribution in [0.25, 0.3) is 0 Å². The number of primary amides is 1. The zero-order valence-corrected chi connectivity index (χ0v) is 79.5. The van der Waals surface area contributed by atoms with Crippen LogP contribution in [0.5, 0.6) is 0 Å². The number of nitrogens with two attached hydrogens (primary N) is 4. The molecule has 0 unspecified atom stereocenters. The van der Waals surface area contributed by atoms with Gasteiger partial charge in [0.15, 0.2) is 0 Å². The molecule has 7 aromatic rings. The minimum Gasteiger partial charge on any atom is -0.368 e. The molecule has 0 radical (unpaired) electrons. The molecule has 136 heavy (non-hydrogen) atoms. The Hall–Kier alpha value is -13.3. The Labute approximate surface area is 799 Å². The quantitative estimate of drug-likeness (QED) is 0.0126. The number of urea groups is 5. The number of benzene rings is 7. The van der Waals surface area contributed by atoms with Crippen molar-refractivity contribution in [3.63, 3.8) is 0 Å². The summed E-state index contributed by atoms with van der Waals surface area (Å²) in [6, 6.07) is 51.1. The third-order valence-corrected chi connectivity index (χ3v) is 23.7. The van der Waals surface area contributed by atoms with E-state index in [-0.39, 0.29) is 179 Å². The molecule has 32 heteroatoms. The van der Waals surface area contributed by atoms with Gasteiger partial charge in [-0.2, -0.15) is 0 Å². The summed E-state index contributed by atoms with van der Waals surface area (Å²) in [5, 5.41) is 17.1. The topological polar surface area (TPSA) is 455 Å². The third kappa shape index (κ3) is 35.5. The predicted molar refractivity (Wildman–Crippen MR) is 520 cm³/mol. The van der Waals surface area contributed by atoms with Crippen LogP contribution < -0.4 is 54.8 Å². The summed E-state index contributed by atoms with van der Waals surface area (Å²) in [4.78, 5) is 245. The Kier molecular flexibility index (Phi) is 45.6. The summed E-state index contributed by atoms with van der Waals surface area (Å²) in [6.45, 7) is 9.68. The molecule has 1 fully saturated rings. The minimum atomic E-state index is -1.80. The second-order valence-electron chi connectivity index (χ2n) is 35.8. The van der Waals surface area contributed by atoms with Crippen LogP contribution >= 0.6 is 0 Å². The maximum atomic E-state index is 16.7. The number of imide groups is 6. The van der Waals surface area contributed by atoms with Gasteiger partial charge < -0.3 is 59.7 Å². The van der Waals surface area contributed by atoms with Crippen LogP contribution in [-0.4, -0.2) is 199 Å². The van der Waals surface area contributed by atoms with Crippen LogP contribution in [0, 0.1) is 17.8 Å². The van der Waals surface area contributed by atoms with E-state index in [4.69, 9.17) is 22.9 Å². The molecule has 730 valence electrons. The largest absolute Gasteiger partial charge is 0.368 e. The molecule has 0 spiro atoms. The fraction of sp³-hybridized carbons (Fsp3) is 0.452. The average Bonchev–Trinajstić information content (AvgIpc) is 0.800. The number of nitrogens with one attached hydrogen (secondary N) is 6. The van der Waals surface area contributed by atoms with Crippen LogP contribution in [-0.2, 0) is 92.9 Å². The van der Waals surface area contributed by atoms with Crippen molar-refractivity contribution in [2.45, 2.75) is 251 Å². The van der Waals surface area contributed by atoms with Gasteiger partial charge in [0.1, 0.15) is 37.4 Å². The van der Waals surface area contributed by atoms with Crippen LogP contribution in [0.15, 0.2) is 212 Å². The molecular formula is C104H139N17O15. The van der Waals surface area contributed by atoms with Gasteiger partial charge in [-0.1, -0.05) is 254 Å². The van der Waals surface area contributed by atoms with Crippen LogP contribution in [0.3, 0.4) is 0 Å². The van der Waals surface area contributed by atoms with E-state index >= 15 is 67.1 Å². The highest BCUT2D eigenvalue weighted by Crippen LogP contribution is 2.27. The number of carbonyl (C=O) groups excluding carboxylic acids is 15. The molecule has 0 bridgehead atoms. The second kappa shape index (κ2) is 57.4. The van der Waals surface area contributed by atoms with Crippen molar-refractivity contribution in [2.75, 3.05) is 32.7 Å². The summed E-state index contributed by atoms with van der Waals surface area (Å²) < 4.78 is 0. The summed E-state index contributed by atoms with van der Waals surface area (Å²) in [7, 11) is 0. The molecule has 0 aliphatic carbocycles. The first-order chi connectivity index (χ1) is 65.5. The maximum absolute atomic E-state index is 16.7. The lowest BCUT2D eigenvalue weighted by molar-refractivity contribution is -0.154. The first-order valence-corrected chi connectivity index (χ1v) is 47.7. The molecule has 1 heterocycles. The third-order valence-electron chi connectivity index (χ3n) is 23.7. The van der Waals surface area contributed by atoms with Gasteiger partial charge >= 0.3 is 42.0 Å². The number of amides is 20. The molecular weight excluding hydrogens is 1730 g/mol. The highest BCUT2D eigenvalue weighted by atomic mass is 16.2. The Morgan fingerprint density at radius 3 is 0.919 bits per heavy atom. The SMILES string of the molecule is CC(C)CCC(=O)N1C(=O)N[C@@H](Cc2ccccc2)N(C(=O)CCC(C)C)C(=O)N[C@@H](CCCCN)N(C(=O)CCc2ccccc2)C(=O)N[C@@H](CCCCN)N(C(=O)CCc2ccccc2)C(=O)N[C@@H](CCCCN)N(C(=O)CCc2ccccc2)C(=O)NC[C@@H](Cc2ccccc2)N(CC(N)=O)C(=O)C(=O)N[C@@H](Cc2ccccc2)N(C(=O)CCC(C)C)C(=O)C[C@H]1Cc1ccccc1. The Morgan fingerprint density at radius 2 is 0.588 bits per heavy atom. The highest BCUT2D eigenvalue weighted by molar-refractivity contribution is 6.35. The van der Waals surface area contributed by atoms with Crippen molar-refractivity contribution < 1.29 is 71.9 Å². The van der Waals surface area contributed by atoms with E-state index in [1.807, 2.05) is 41.5 Å². The van der Waals surface area contributed by atoms with E-state index in [1.54, 1.807) is 212 Å². The molecule has 7 atom stereocenters. The number of nitrogens with zero attached hydrogens (tertiary/aromatic N) is 7. The summed E-state index contributed by atoms with van der Waals surface area (Å²) in [6.07, 6.45) is -12.4. The van der Waals surface area contributed by atoms with Gasteiger partial charge in [-0.25, -0.2) is 43.6 Å². The lowest BCUT2D eigenvalue weighted by Gasteiger charge is -2.39. The Bertz CT molecular complexity index is 4990. The first-order valence-electron chi connectivity index (χ1n) is 47.7. The van der Waals surface area contributed by atoms with Gasteiger partial charge in [0.25, 0.3) is 0 Å². The zero-order valence-electron chi connectivity index (χ0n) is 79.5. The highest BCUT2D eigenvalue weighted by Gasteiger charge is 2.45. The lowest BCUT2D eigenvalue weighted by atomic mass is 9.98. The van der Waals surface area contributed by atoms with Gasteiger partial charge in [0.2, 0.25) is 47.3 Å². The maximum Gasteiger partial charge on any atom is 0.327 e. The van der Waals surface area contributed by atoms with Gasteiger partial charge in [-0.15, -0.1) is 0 Å². The molecule has 7 aromatic carbocycles. The lowest BCUT2D eigenvalue weighted by Crippen LogP contribution is -2.66. The number of carbonyl (C=O) groups is 15. The van der Waals surface area contributed by atoms with Gasteiger partial charge in [0.05, 0.1) is 12.1 Å². The fourth-order valence-corrected chi connectivity index (χ4v) is 16.3. The molecule has 1 aliphatic rings. The molecule has 20 amide bonds. The Morgan fingerprint density at radius 1 is 0.316 bits per heavy atom. The zero-order chi connectivity index (χ0) is 98.4. The molecule has 1 aliphatic heterocycles. The predicted octanol–water partition coefficient (Wildman–Crippen LogP) is 11.8. The van der Waals surface area contributed by atoms with E-state index in [2.05, 4.69) is 31.9 Å². The standard InChI is InChI=1S/C104H139N17O15/c1-73(2)51-57-91(123)116-83(66-79-40-20-10-21-41-79)70-97(129)117(92(124)58-52-74(3)4)89(68-81-44-24-12-25-45-81)110-98(130)99(131)115(72-85(108)122)84(67-80-42-22-11-23-43-80)71-109-100(132)118(94(126)60-54-76-34-14-7-15-35-76)86(48-28-31-63-105)111-102(134)119(95(127)61-55-77-36-16-8-17-37-77)87(49-29-32-64-106)112-103(135)120(96(128)62-56-78-38-18-9-19-39-78)88(50-30-33-65-107)113-104(136)121(93(125)59-53-75(5)6)90(114-101(116)133)69-82-46-26-13-27-47-82/h7-27,34-47,73-75,83-84,86-90H,28-33,48-72,105-107H2,1-6H3,(H2,108,122)(H,109,132)(H,110,130)(H,111,134)(H,112,135)(H,113,136)(H,114,133)/t83-,84-,86-,87-,88-,89-,90-/m1/s1. The summed E-state index contributed by atoms with van der Waals surface area (Å²) in [5.74, 6) is -10.9. The number of hydrogen-bond acceptors (Lipinski definition) is 18. The Balaban J connectivity index is 1.46.